The highest BCUT2D eigenvalue weighted by atomic mass is 32.1. The summed E-state index contributed by atoms with van der Waals surface area (Å²) < 4.78 is 0. The molecular formula is C19H21NO2S. The summed E-state index contributed by atoms with van der Waals surface area (Å²) in [7, 11) is 0. The Bertz CT molecular complexity index is 670. The molecule has 1 aromatic carbocycles. The van der Waals surface area contributed by atoms with Crippen molar-refractivity contribution in [3.8, 4) is 0 Å². The summed E-state index contributed by atoms with van der Waals surface area (Å²) in [5.74, 6) is 0.0857. The highest BCUT2D eigenvalue weighted by molar-refractivity contribution is 7.12. The normalized spacial score (nSPS) is 16.1. The number of hydrogen-bond donors (Lipinski definition) is 0. The minimum atomic E-state index is -0.154. The van der Waals surface area contributed by atoms with Crippen LogP contribution in [-0.4, -0.2) is 29.7 Å². The van der Waals surface area contributed by atoms with Crippen LogP contribution in [0.25, 0.3) is 0 Å². The third-order valence-electron chi connectivity index (χ3n) is 4.46. The number of amides is 1. The summed E-state index contributed by atoms with van der Waals surface area (Å²) in [6.07, 6.45) is 3.43. The van der Waals surface area contributed by atoms with Crippen molar-refractivity contribution >= 4 is 23.0 Å². The van der Waals surface area contributed by atoms with E-state index in [2.05, 4.69) is 0 Å². The quantitative estimate of drug-likeness (QED) is 0.793. The minimum Gasteiger partial charge on any atom is -0.342 e. The van der Waals surface area contributed by atoms with Crippen molar-refractivity contribution in [2.24, 2.45) is 0 Å². The Kier molecular flexibility index (Phi) is 4.91. The first-order chi connectivity index (χ1) is 11.2. The van der Waals surface area contributed by atoms with E-state index >= 15 is 0 Å². The van der Waals surface area contributed by atoms with Gasteiger partial charge >= 0.3 is 0 Å². The lowest BCUT2D eigenvalue weighted by Gasteiger charge is -2.29. The first kappa shape index (κ1) is 15.9. The number of piperidine rings is 1. The zero-order chi connectivity index (χ0) is 16.2. The van der Waals surface area contributed by atoms with Crippen LogP contribution in [0, 0.1) is 0 Å². The van der Waals surface area contributed by atoms with Gasteiger partial charge in [0.2, 0.25) is 11.7 Å². The molecule has 0 radical (unpaired) electrons. The van der Waals surface area contributed by atoms with Gasteiger partial charge in [0.1, 0.15) is 0 Å². The lowest BCUT2D eigenvalue weighted by Crippen LogP contribution is -2.38. The summed E-state index contributed by atoms with van der Waals surface area (Å²) in [5, 5.41) is 1.90. The number of carbonyl (C=O) groups is 2. The first-order valence-electron chi connectivity index (χ1n) is 8.14. The first-order valence-corrected chi connectivity index (χ1v) is 9.02. The van der Waals surface area contributed by atoms with Gasteiger partial charge in [-0.3, -0.25) is 9.59 Å². The third kappa shape index (κ3) is 3.53. The molecule has 4 heteroatoms. The number of thiophene rings is 1. The van der Waals surface area contributed by atoms with Crippen LogP contribution in [0.15, 0.2) is 41.8 Å². The van der Waals surface area contributed by atoms with Gasteiger partial charge in [0.05, 0.1) is 10.8 Å². The Hall–Kier alpha value is -1.94. The molecule has 0 saturated carbocycles. The van der Waals surface area contributed by atoms with Crippen molar-refractivity contribution in [1.82, 2.24) is 4.90 Å². The molecule has 1 fully saturated rings. The summed E-state index contributed by atoms with van der Waals surface area (Å²) in [6.45, 7) is 3.70. The monoisotopic (exact) mass is 327 g/mol. The molecular weight excluding hydrogens is 306 g/mol. The van der Waals surface area contributed by atoms with E-state index in [9.17, 15) is 9.59 Å². The molecule has 1 aromatic heterocycles. The van der Waals surface area contributed by atoms with Crippen molar-refractivity contribution in [1.29, 1.82) is 0 Å². The minimum absolute atomic E-state index is 0.0431. The van der Waals surface area contributed by atoms with E-state index in [1.165, 1.54) is 17.8 Å². The second-order valence-corrected chi connectivity index (χ2v) is 6.98. The maximum atomic E-state index is 12.6. The van der Waals surface area contributed by atoms with E-state index in [1.807, 2.05) is 53.6 Å². The SMILES string of the molecule is CC(C(=O)N1CCCCC1)c1ccc(C(=O)c2cccs2)cc1. The molecule has 0 aliphatic carbocycles. The van der Waals surface area contributed by atoms with E-state index in [1.54, 1.807) is 0 Å². The lowest BCUT2D eigenvalue weighted by molar-refractivity contribution is -0.133. The molecule has 2 aromatic rings. The molecule has 3 rings (SSSR count). The third-order valence-corrected chi connectivity index (χ3v) is 5.32. The molecule has 0 spiro atoms. The van der Waals surface area contributed by atoms with Crippen molar-refractivity contribution in [3.63, 3.8) is 0 Å². The molecule has 0 bridgehead atoms. The van der Waals surface area contributed by atoms with Crippen LogP contribution in [0.2, 0.25) is 0 Å². The van der Waals surface area contributed by atoms with E-state index in [0.29, 0.717) is 5.56 Å². The van der Waals surface area contributed by atoms with Gasteiger partial charge in [0, 0.05) is 18.7 Å². The smallest absolute Gasteiger partial charge is 0.229 e. The highest BCUT2D eigenvalue weighted by Gasteiger charge is 2.23. The number of benzene rings is 1. The van der Waals surface area contributed by atoms with Crippen LogP contribution in [0.3, 0.4) is 0 Å². The topological polar surface area (TPSA) is 37.4 Å². The fraction of sp³-hybridized carbons (Fsp3) is 0.368. The number of rotatable bonds is 4. The molecule has 1 amide bonds. The molecule has 3 nitrogen and oxygen atoms in total. The Morgan fingerprint density at radius 3 is 2.35 bits per heavy atom. The average molecular weight is 327 g/mol. The van der Waals surface area contributed by atoms with E-state index in [4.69, 9.17) is 0 Å². The number of likely N-dealkylation sites (tertiary alicyclic amines) is 1. The van der Waals surface area contributed by atoms with Crippen molar-refractivity contribution < 1.29 is 9.59 Å². The van der Waals surface area contributed by atoms with E-state index in [-0.39, 0.29) is 17.6 Å². The highest BCUT2D eigenvalue weighted by Crippen LogP contribution is 2.22. The predicted molar refractivity (Wildman–Crippen MR) is 93.0 cm³/mol. The summed E-state index contributed by atoms with van der Waals surface area (Å²) in [4.78, 5) is 27.6. The van der Waals surface area contributed by atoms with Gasteiger partial charge in [-0.2, -0.15) is 0 Å². The van der Waals surface area contributed by atoms with Crippen LogP contribution in [0.4, 0.5) is 0 Å². The van der Waals surface area contributed by atoms with Crippen molar-refractivity contribution in [2.75, 3.05) is 13.1 Å². The molecule has 1 atom stereocenters. The van der Waals surface area contributed by atoms with E-state index in [0.717, 1.165) is 36.4 Å². The molecule has 1 saturated heterocycles. The molecule has 120 valence electrons. The fourth-order valence-electron chi connectivity index (χ4n) is 3.00. The van der Waals surface area contributed by atoms with Crippen LogP contribution >= 0.6 is 11.3 Å². The van der Waals surface area contributed by atoms with Gasteiger partial charge in [-0.05, 0) is 43.2 Å². The zero-order valence-corrected chi connectivity index (χ0v) is 14.1. The number of carbonyl (C=O) groups excluding carboxylic acids is 2. The van der Waals surface area contributed by atoms with Gasteiger partial charge in [-0.25, -0.2) is 0 Å². The van der Waals surface area contributed by atoms with E-state index < -0.39 is 0 Å². The van der Waals surface area contributed by atoms with Crippen LogP contribution in [0.5, 0.6) is 0 Å². The Morgan fingerprint density at radius 1 is 1.04 bits per heavy atom. The lowest BCUT2D eigenvalue weighted by atomic mass is 9.96. The second kappa shape index (κ2) is 7.09. The molecule has 1 unspecified atom stereocenters. The van der Waals surface area contributed by atoms with Crippen molar-refractivity contribution in [3.05, 3.63) is 57.8 Å². The summed E-state index contributed by atoms with van der Waals surface area (Å²) in [6, 6.07) is 11.2. The summed E-state index contributed by atoms with van der Waals surface area (Å²) in [5.41, 5.74) is 1.65. The fourth-order valence-corrected chi connectivity index (χ4v) is 3.69. The average Bonchev–Trinajstić information content (AvgIpc) is 3.15. The molecule has 23 heavy (non-hydrogen) atoms. The van der Waals surface area contributed by atoms with Gasteiger partial charge in [-0.1, -0.05) is 30.3 Å². The Labute approximate surface area is 140 Å². The number of nitrogens with zero attached hydrogens (tertiary/aromatic N) is 1. The van der Waals surface area contributed by atoms with Gasteiger partial charge in [0.15, 0.2) is 0 Å². The predicted octanol–water partition coefficient (Wildman–Crippen LogP) is 4.10. The van der Waals surface area contributed by atoms with Crippen LogP contribution in [0.1, 0.15) is 52.9 Å². The molecule has 1 aliphatic heterocycles. The van der Waals surface area contributed by atoms with Gasteiger partial charge < -0.3 is 4.90 Å². The van der Waals surface area contributed by atoms with Crippen LogP contribution < -0.4 is 0 Å². The maximum Gasteiger partial charge on any atom is 0.229 e. The van der Waals surface area contributed by atoms with Gasteiger partial charge in [0.25, 0.3) is 0 Å². The largest absolute Gasteiger partial charge is 0.342 e. The zero-order valence-electron chi connectivity index (χ0n) is 13.3. The number of ketones is 1. The Balaban J connectivity index is 1.71. The second-order valence-electron chi connectivity index (χ2n) is 6.04. The van der Waals surface area contributed by atoms with Crippen molar-refractivity contribution in [2.45, 2.75) is 32.1 Å². The molecule has 0 N–H and O–H groups in total. The van der Waals surface area contributed by atoms with Crippen LogP contribution in [-0.2, 0) is 4.79 Å². The standard InChI is InChI=1S/C19H21NO2S/c1-14(19(22)20-11-3-2-4-12-20)15-7-9-16(10-8-15)18(21)17-6-5-13-23-17/h5-10,13-14H,2-4,11-12H2,1H3. The number of hydrogen-bond acceptors (Lipinski definition) is 3. The molecule has 1 aliphatic rings. The maximum absolute atomic E-state index is 12.6. The molecule has 2 heterocycles. The summed E-state index contributed by atoms with van der Waals surface area (Å²) >= 11 is 1.45. The van der Waals surface area contributed by atoms with Gasteiger partial charge in [-0.15, -0.1) is 11.3 Å². The Morgan fingerprint density at radius 2 is 1.74 bits per heavy atom.